The Morgan fingerprint density at radius 3 is 2.75 bits per heavy atom. The van der Waals surface area contributed by atoms with Crippen molar-refractivity contribution < 1.29 is 13.9 Å². The van der Waals surface area contributed by atoms with Crippen LogP contribution < -0.4 is 5.32 Å². The fraction of sp³-hybridized carbons (Fsp3) is 0.250. The zero-order valence-electron chi connectivity index (χ0n) is 13.3. The Hall–Kier alpha value is -2.62. The van der Waals surface area contributed by atoms with Crippen molar-refractivity contribution in [2.24, 2.45) is 5.92 Å². The number of ether oxygens (including phenoxy) is 1. The quantitative estimate of drug-likeness (QED) is 0.656. The van der Waals surface area contributed by atoms with Crippen molar-refractivity contribution in [3.8, 4) is 0 Å². The molecule has 24 heavy (non-hydrogen) atoms. The van der Waals surface area contributed by atoms with Gasteiger partial charge in [0.05, 0.1) is 24.4 Å². The van der Waals surface area contributed by atoms with E-state index < -0.39 is 0 Å². The fourth-order valence-electron chi connectivity index (χ4n) is 3.86. The van der Waals surface area contributed by atoms with E-state index in [1.165, 1.54) is 13.2 Å². The van der Waals surface area contributed by atoms with Crippen molar-refractivity contribution in [2.45, 2.75) is 18.4 Å². The molecule has 0 aromatic heterocycles. The molecule has 0 unspecified atom stereocenters. The first-order valence-electron chi connectivity index (χ1n) is 8.09. The van der Waals surface area contributed by atoms with Gasteiger partial charge in [0.2, 0.25) is 0 Å². The summed E-state index contributed by atoms with van der Waals surface area (Å²) >= 11 is 0. The Kier molecular flexibility index (Phi) is 3.60. The molecule has 0 amide bonds. The van der Waals surface area contributed by atoms with E-state index in [-0.39, 0.29) is 23.7 Å². The van der Waals surface area contributed by atoms with Gasteiger partial charge in [0.25, 0.3) is 0 Å². The highest BCUT2D eigenvalue weighted by Gasteiger charge is 2.38. The molecule has 0 saturated carbocycles. The van der Waals surface area contributed by atoms with E-state index in [0.29, 0.717) is 17.2 Å². The monoisotopic (exact) mass is 323 g/mol. The van der Waals surface area contributed by atoms with Crippen LogP contribution >= 0.6 is 0 Å². The third-order valence-corrected chi connectivity index (χ3v) is 5.04. The van der Waals surface area contributed by atoms with Gasteiger partial charge in [0.15, 0.2) is 0 Å². The summed E-state index contributed by atoms with van der Waals surface area (Å²) in [4.78, 5) is 11.6. The second kappa shape index (κ2) is 5.78. The predicted octanol–water partition coefficient (Wildman–Crippen LogP) is 4.44. The number of rotatable bonds is 2. The third kappa shape index (κ3) is 2.30. The summed E-state index contributed by atoms with van der Waals surface area (Å²) in [7, 11) is 1.37. The van der Waals surface area contributed by atoms with Gasteiger partial charge in [-0.05, 0) is 41.7 Å². The molecule has 0 bridgehead atoms. The van der Waals surface area contributed by atoms with Crippen molar-refractivity contribution >= 4 is 11.7 Å². The Morgan fingerprint density at radius 2 is 2.00 bits per heavy atom. The maximum atomic E-state index is 14.3. The van der Waals surface area contributed by atoms with Crippen molar-refractivity contribution in [2.75, 3.05) is 12.4 Å². The lowest BCUT2D eigenvalue weighted by Gasteiger charge is -2.37. The fourth-order valence-corrected chi connectivity index (χ4v) is 3.86. The second-order valence-corrected chi connectivity index (χ2v) is 6.29. The molecule has 0 saturated heterocycles. The molecule has 4 rings (SSSR count). The number of anilines is 1. The van der Waals surface area contributed by atoms with Crippen molar-refractivity contribution in [1.29, 1.82) is 0 Å². The topological polar surface area (TPSA) is 38.3 Å². The van der Waals surface area contributed by atoms with Crippen LogP contribution in [0.3, 0.4) is 0 Å². The van der Waals surface area contributed by atoms with Crippen molar-refractivity contribution in [3.63, 3.8) is 0 Å². The molecule has 0 radical (unpaired) electrons. The van der Waals surface area contributed by atoms with Gasteiger partial charge in [-0.3, -0.25) is 0 Å². The summed E-state index contributed by atoms with van der Waals surface area (Å²) in [5.41, 5.74) is 3.18. The summed E-state index contributed by atoms with van der Waals surface area (Å²) in [5, 5.41) is 3.38. The SMILES string of the molecule is COC(=O)c1ccc([C@H]2Nc3c(F)cccc3[C@@H]3C=CC[C@@H]23)cc1. The molecule has 1 N–H and O–H groups in total. The number of carbonyl (C=O) groups is 1. The Bertz CT molecular complexity index is 813. The summed E-state index contributed by atoms with van der Waals surface area (Å²) in [6, 6.07) is 12.6. The van der Waals surface area contributed by atoms with Crippen LogP contribution in [0.2, 0.25) is 0 Å². The average molecular weight is 323 g/mol. The van der Waals surface area contributed by atoms with E-state index in [2.05, 4.69) is 17.5 Å². The number of methoxy groups -OCH3 is 1. The minimum Gasteiger partial charge on any atom is -0.465 e. The van der Waals surface area contributed by atoms with E-state index in [1.54, 1.807) is 18.2 Å². The number of esters is 1. The van der Waals surface area contributed by atoms with E-state index in [0.717, 1.165) is 17.5 Å². The van der Waals surface area contributed by atoms with Gasteiger partial charge in [-0.25, -0.2) is 9.18 Å². The standard InChI is InChI=1S/C20H18FNO2/c1-24-20(23)13-10-8-12(9-11-13)18-15-5-2-4-14(15)16-6-3-7-17(21)19(16)22-18/h2-4,6-11,14-15,18,22H,5H2,1H3/t14-,15-,18-/m1/s1. The molecule has 122 valence electrons. The molecule has 3 nitrogen and oxygen atoms in total. The highest BCUT2D eigenvalue weighted by Crippen LogP contribution is 2.50. The summed E-state index contributed by atoms with van der Waals surface area (Å²) in [6.45, 7) is 0. The average Bonchev–Trinajstić information content (AvgIpc) is 3.11. The van der Waals surface area contributed by atoms with E-state index in [9.17, 15) is 9.18 Å². The summed E-state index contributed by atoms with van der Waals surface area (Å²) < 4.78 is 19.0. The molecule has 4 heteroatoms. The second-order valence-electron chi connectivity index (χ2n) is 6.29. The van der Waals surface area contributed by atoms with Crippen molar-refractivity contribution in [3.05, 3.63) is 77.1 Å². The normalized spacial score (nSPS) is 24.0. The number of fused-ring (bicyclic) bond motifs is 3. The van der Waals surface area contributed by atoms with E-state index >= 15 is 0 Å². The van der Waals surface area contributed by atoms with Crippen molar-refractivity contribution in [1.82, 2.24) is 0 Å². The summed E-state index contributed by atoms with van der Waals surface area (Å²) in [5.74, 6) is 0.00268. The molecule has 2 aromatic rings. The molecule has 0 spiro atoms. The molecule has 1 heterocycles. The lowest BCUT2D eigenvalue weighted by Crippen LogP contribution is -2.29. The third-order valence-electron chi connectivity index (χ3n) is 5.04. The smallest absolute Gasteiger partial charge is 0.337 e. The Labute approximate surface area is 140 Å². The number of para-hydroxylation sites is 1. The Morgan fingerprint density at radius 1 is 1.21 bits per heavy atom. The molecular weight excluding hydrogens is 305 g/mol. The molecule has 2 aliphatic rings. The number of allylic oxidation sites excluding steroid dienone is 2. The zero-order chi connectivity index (χ0) is 16.7. The maximum absolute atomic E-state index is 14.3. The number of halogens is 1. The van der Waals surface area contributed by atoms with Crippen LogP contribution in [0, 0.1) is 11.7 Å². The molecule has 2 aromatic carbocycles. The van der Waals surface area contributed by atoms with Gasteiger partial charge in [0.1, 0.15) is 5.82 Å². The minimum atomic E-state index is -0.352. The molecule has 1 aliphatic carbocycles. The van der Waals surface area contributed by atoms with Gasteiger partial charge >= 0.3 is 5.97 Å². The number of hydrogen-bond acceptors (Lipinski definition) is 3. The number of benzene rings is 2. The van der Waals surface area contributed by atoms with Gasteiger partial charge < -0.3 is 10.1 Å². The minimum absolute atomic E-state index is 0.0149. The van der Waals surface area contributed by atoms with Crippen LogP contribution in [0.5, 0.6) is 0 Å². The van der Waals surface area contributed by atoms with Gasteiger partial charge in [0, 0.05) is 5.92 Å². The highest BCUT2D eigenvalue weighted by atomic mass is 19.1. The first kappa shape index (κ1) is 14.9. The summed E-state index contributed by atoms with van der Waals surface area (Å²) in [6.07, 6.45) is 5.31. The van der Waals surface area contributed by atoms with Gasteiger partial charge in [-0.15, -0.1) is 0 Å². The maximum Gasteiger partial charge on any atom is 0.337 e. The number of nitrogens with one attached hydrogen (secondary N) is 1. The molecule has 1 aliphatic heterocycles. The first-order chi connectivity index (χ1) is 11.7. The van der Waals surface area contributed by atoms with Gasteiger partial charge in [-0.1, -0.05) is 36.4 Å². The van der Waals surface area contributed by atoms with Crippen LogP contribution in [0.4, 0.5) is 10.1 Å². The van der Waals surface area contributed by atoms with E-state index in [1.807, 2.05) is 18.2 Å². The van der Waals surface area contributed by atoms with Gasteiger partial charge in [-0.2, -0.15) is 0 Å². The zero-order valence-corrected chi connectivity index (χ0v) is 13.3. The largest absolute Gasteiger partial charge is 0.465 e. The Balaban J connectivity index is 1.71. The van der Waals surface area contributed by atoms with Crippen LogP contribution in [0.25, 0.3) is 0 Å². The first-order valence-corrected chi connectivity index (χ1v) is 8.09. The molecular formula is C20H18FNO2. The number of carbonyl (C=O) groups excluding carboxylic acids is 1. The highest BCUT2D eigenvalue weighted by molar-refractivity contribution is 5.89. The molecule has 0 fully saturated rings. The lowest BCUT2D eigenvalue weighted by molar-refractivity contribution is 0.0600. The van der Waals surface area contributed by atoms with Crippen LogP contribution in [-0.2, 0) is 4.74 Å². The number of hydrogen-bond donors (Lipinski definition) is 1. The molecule has 3 atom stereocenters. The van der Waals surface area contributed by atoms with Crippen LogP contribution in [0.15, 0.2) is 54.6 Å². The predicted molar refractivity (Wildman–Crippen MR) is 90.5 cm³/mol. The van der Waals surface area contributed by atoms with E-state index in [4.69, 9.17) is 4.74 Å². The van der Waals surface area contributed by atoms with Crippen LogP contribution in [0.1, 0.15) is 39.9 Å². The lowest BCUT2D eigenvalue weighted by atomic mass is 9.77. The van der Waals surface area contributed by atoms with Crippen LogP contribution in [-0.4, -0.2) is 13.1 Å².